The van der Waals surface area contributed by atoms with Gasteiger partial charge in [-0.3, -0.25) is 14.7 Å². The number of phenolic OH excluding ortho intramolecular Hbond substituents is 1. The number of hydrogen-bond donors (Lipinski definition) is 3. The van der Waals surface area contributed by atoms with Crippen molar-refractivity contribution >= 4 is 29.9 Å². The monoisotopic (exact) mass is 334 g/mol. The van der Waals surface area contributed by atoms with Gasteiger partial charge < -0.3 is 15.3 Å². The number of phenols is 1. The van der Waals surface area contributed by atoms with Crippen molar-refractivity contribution < 1.29 is 24.9 Å². The van der Waals surface area contributed by atoms with Crippen LogP contribution in [0.1, 0.15) is 5.56 Å². The highest BCUT2D eigenvalue weighted by Crippen LogP contribution is 2.41. The van der Waals surface area contributed by atoms with Crippen LogP contribution in [0.5, 0.6) is 5.75 Å². The molecule has 2 aliphatic rings. The summed E-state index contributed by atoms with van der Waals surface area (Å²) in [6.07, 6.45) is 1.42. The minimum absolute atomic E-state index is 0.0601. The van der Waals surface area contributed by atoms with Gasteiger partial charge >= 0.3 is 5.97 Å². The number of nitrogens with zero attached hydrogens (tertiary/aromatic N) is 2. The van der Waals surface area contributed by atoms with Crippen LogP contribution in [0.4, 0.5) is 0 Å². The van der Waals surface area contributed by atoms with Gasteiger partial charge in [0.15, 0.2) is 6.04 Å². The van der Waals surface area contributed by atoms with Crippen molar-refractivity contribution in [2.45, 2.75) is 11.4 Å². The standard InChI is InChI=1S/C15H14N2O5S/c18-6-9-7-23-14-11(13(20)17(14)12(9)15(21)22)16-5-8-3-1-2-4-10(8)19/h1-5,11,14,18-19H,6-7H2,(H,21,22)/b16-5+/t11?,14-/m1/s1. The zero-order valence-corrected chi connectivity index (χ0v) is 12.7. The van der Waals surface area contributed by atoms with E-state index in [9.17, 15) is 24.9 Å². The molecule has 1 aromatic carbocycles. The fraction of sp³-hybridized carbons (Fsp3) is 0.267. The van der Waals surface area contributed by atoms with Crippen LogP contribution in [0.3, 0.4) is 0 Å². The van der Waals surface area contributed by atoms with Crippen molar-refractivity contribution in [1.29, 1.82) is 0 Å². The van der Waals surface area contributed by atoms with Gasteiger partial charge in [-0.1, -0.05) is 12.1 Å². The predicted molar refractivity (Wildman–Crippen MR) is 84.3 cm³/mol. The van der Waals surface area contributed by atoms with Crippen molar-refractivity contribution in [2.24, 2.45) is 4.99 Å². The molecule has 23 heavy (non-hydrogen) atoms. The lowest BCUT2D eigenvalue weighted by molar-refractivity contribution is -0.147. The first-order chi connectivity index (χ1) is 11.0. The molecule has 1 amide bonds. The number of fused-ring (bicyclic) bond motifs is 1. The molecule has 3 rings (SSSR count). The van der Waals surface area contributed by atoms with Gasteiger partial charge in [-0.2, -0.15) is 0 Å². The van der Waals surface area contributed by atoms with Gasteiger partial charge in [-0.25, -0.2) is 4.79 Å². The van der Waals surface area contributed by atoms with Gasteiger partial charge in [0.25, 0.3) is 5.91 Å². The molecule has 1 saturated heterocycles. The highest BCUT2D eigenvalue weighted by Gasteiger charge is 2.53. The lowest BCUT2D eigenvalue weighted by Crippen LogP contribution is -2.64. The third-order valence-electron chi connectivity index (χ3n) is 3.72. The molecule has 8 heteroatoms. The quantitative estimate of drug-likeness (QED) is 0.544. The second-order valence-corrected chi connectivity index (χ2v) is 6.21. The van der Waals surface area contributed by atoms with Gasteiger partial charge in [0, 0.05) is 17.5 Å². The first-order valence-corrected chi connectivity index (χ1v) is 7.91. The molecular formula is C15H14N2O5S. The van der Waals surface area contributed by atoms with Crippen LogP contribution in [-0.4, -0.2) is 62.1 Å². The van der Waals surface area contributed by atoms with Crippen LogP contribution in [0.25, 0.3) is 0 Å². The Morgan fingerprint density at radius 2 is 2.17 bits per heavy atom. The number of hydrogen-bond acceptors (Lipinski definition) is 6. The summed E-state index contributed by atoms with van der Waals surface area (Å²) < 4.78 is 0. The minimum Gasteiger partial charge on any atom is -0.507 e. The largest absolute Gasteiger partial charge is 0.507 e. The van der Waals surface area contributed by atoms with Crippen LogP contribution >= 0.6 is 11.8 Å². The van der Waals surface area contributed by atoms with E-state index in [1.165, 1.54) is 28.9 Å². The Morgan fingerprint density at radius 1 is 1.43 bits per heavy atom. The predicted octanol–water partition coefficient (Wildman–Crippen LogP) is 0.426. The SMILES string of the molecule is O=C(O)C1=C(CO)CS[C@@H]2C(/N=C/c3ccccc3O)C(=O)N12. The Balaban J connectivity index is 1.83. The molecule has 0 bridgehead atoms. The fourth-order valence-corrected chi connectivity index (χ4v) is 3.87. The smallest absolute Gasteiger partial charge is 0.352 e. The lowest BCUT2D eigenvalue weighted by atomic mass is 10.0. The van der Waals surface area contributed by atoms with Crippen molar-refractivity contribution in [2.75, 3.05) is 12.4 Å². The third kappa shape index (κ3) is 2.60. The van der Waals surface area contributed by atoms with Gasteiger partial charge in [-0.05, 0) is 17.7 Å². The summed E-state index contributed by atoms with van der Waals surface area (Å²) in [4.78, 5) is 29.0. The van der Waals surface area contributed by atoms with E-state index in [1.54, 1.807) is 18.2 Å². The Bertz CT molecular complexity index is 730. The van der Waals surface area contributed by atoms with Crippen LogP contribution in [0.2, 0.25) is 0 Å². The molecule has 0 aliphatic carbocycles. The molecule has 120 valence electrons. The summed E-state index contributed by atoms with van der Waals surface area (Å²) in [5.74, 6) is -1.24. The highest BCUT2D eigenvalue weighted by atomic mass is 32.2. The average molecular weight is 334 g/mol. The lowest BCUT2D eigenvalue weighted by Gasteiger charge is -2.47. The minimum atomic E-state index is -1.23. The van der Waals surface area contributed by atoms with Gasteiger partial charge in [-0.15, -0.1) is 11.8 Å². The topological polar surface area (TPSA) is 110 Å². The number of thioether (sulfide) groups is 1. The van der Waals surface area contributed by atoms with Crippen molar-refractivity contribution in [3.05, 3.63) is 41.1 Å². The summed E-state index contributed by atoms with van der Waals surface area (Å²) in [5, 5.41) is 27.8. The van der Waals surface area contributed by atoms with E-state index in [1.807, 2.05) is 0 Å². The summed E-state index contributed by atoms with van der Waals surface area (Å²) in [6, 6.07) is 5.92. The number of aliphatic hydroxyl groups excluding tert-OH is 1. The van der Waals surface area contributed by atoms with E-state index in [2.05, 4.69) is 4.99 Å². The number of aliphatic carboxylic acids is 1. The maximum atomic E-state index is 12.2. The number of aromatic hydroxyl groups is 1. The Labute approximate surface area is 135 Å². The number of carbonyl (C=O) groups excluding carboxylic acids is 1. The number of aliphatic imine (C=N–C) groups is 1. The number of para-hydroxylation sites is 1. The molecule has 1 aromatic rings. The number of aliphatic hydroxyl groups is 1. The molecule has 1 fully saturated rings. The fourth-order valence-electron chi connectivity index (χ4n) is 2.55. The molecule has 2 aliphatic heterocycles. The van der Waals surface area contributed by atoms with Crippen molar-refractivity contribution in [3.8, 4) is 5.75 Å². The zero-order valence-electron chi connectivity index (χ0n) is 11.9. The van der Waals surface area contributed by atoms with Gasteiger partial charge in [0.1, 0.15) is 16.8 Å². The number of carboxylic acid groups (broad SMARTS) is 1. The Morgan fingerprint density at radius 3 is 2.83 bits per heavy atom. The molecule has 2 heterocycles. The normalized spacial score (nSPS) is 23.9. The molecule has 0 radical (unpaired) electrons. The number of carbonyl (C=O) groups is 2. The Hall–Kier alpha value is -2.32. The molecular weight excluding hydrogens is 320 g/mol. The van der Waals surface area contributed by atoms with Crippen LogP contribution in [0, 0.1) is 0 Å². The van der Waals surface area contributed by atoms with Crippen LogP contribution < -0.4 is 0 Å². The van der Waals surface area contributed by atoms with Crippen molar-refractivity contribution in [3.63, 3.8) is 0 Å². The van der Waals surface area contributed by atoms with Crippen LogP contribution in [-0.2, 0) is 9.59 Å². The molecule has 0 saturated carbocycles. The van der Waals surface area contributed by atoms with E-state index in [4.69, 9.17) is 0 Å². The average Bonchev–Trinajstić information content (AvgIpc) is 2.55. The summed E-state index contributed by atoms with van der Waals surface area (Å²) in [5.41, 5.74) is 0.676. The number of amides is 1. The zero-order chi connectivity index (χ0) is 16.6. The van der Waals surface area contributed by atoms with E-state index in [-0.39, 0.29) is 11.4 Å². The number of β-lactam (4-membered cyclic amide) rings is 1. The summed E-state index contributed by atoms with van der Waals surface area (Å²) in [7, 11) is 0. The maximum absolute atomic E-state index is 12.2. The number of carboxylic acids is 1. The first kappa shape index (κ1) is 15.6. The third-order valence-corrected chi connectivity index (χ3v) is 5.05. The molecule has 2 atom stereocenters. The summed E-state index contributed by atoms with van der Waals surface area (Å²) >= 11 is 1.37. The first-order valence-electron chi connectivity index (χ1n) is 6.86. The molecule has 0 aromatic heterocycles. The molecule has 1 unspecified atom stereocenters. The number of rotatable bonds is 4. The maximum Gasteiger partial charge on any atom is 0.352 e. The molecule has 0 spiro atoms. The van der Waals surface area contributed by atoms with E-state index >= 15 is 0 Å². The second kappa shape index (κ2) is 6.05. The second-order valence-electron chi connectivity index (χ2n) is 5.11. The van der Waals surface area contributed by atoms with Gasteiger partial charge in [0.05, 0.1) is 6.61 Å². The number of benzene rings is 1. The highest BCUT2D eigenvalue weighted by molar-refractivity contribution is 8.00. The van der Waals surface area contributed by atoms with E-state index in [0.29, 0.717) is 16.9 Å². The van der Waals surface area contributed by atoms with E-state index < -0.39 is 29.9 Å². The van der Waals surface area contributed by atoms with Gasteiger partial charge in [0.2, 0.25) is 0 Å². The van der Waals surface area contributed by atoms with Crippen LogP contribution in [0.15, 0.2) is 40.5 Å². The molecule has 3 N–H and O–H groups in total. The van der Waals surface area contributed by atoms with E-state index in [0.717, 1.165) is 0 Å². The summed E-state index contributed by atoms with van der Waals surface area (Å²) in [6.45, 7) is -0.392. The molecule has 7 nitrogen and oxygen atoms in total. The van der Waals surface area contributed by atoms with Crippen molar-refractivity contribution in [1.82, 2.24) is 4.90 Å². The Kier molecular flexibility index (Phi) is 4.10.